The number of hydrogen-bond acceptors (Lipinski definition) is 4. The van der Waals surface area contributed by atoms with Gasteiger partial charge in [-0.1, -0.05) is 12.8 Å². The van der Waals surface area contributed by atoms with Crippen LogP contribution in [-0.2, 0) is 18.3 Å². The molecule has 0 spiro atoms. The Labute approximate surface area is 94.2 Å². The van der Waals surface area contributed by atoms with E-state index in [1.165, 1.54) is 30.5 Å². The van der Waals surface area contributed by atoms with Gasteiger partial charge in [0.15, 0.2) is 5.82 Å². The molecule has 0 amide bonds. The maximum Gasteiger partial charge on any atom is 0.182 e. The van der Waals surface area contributed by atoms with Crippen LogP contribution in [-0.4, -0.2) is 26.0 Å². The number of Topliss-reactive ketones (excluding diaryl/α,β-unsaturated/α-hetero) is 1. The number of hydrogen-bond donors (Lipinski definition) is 0. The molecule has 0 aromatic carbocycles. The molecule has 2 saturated carbocycles. The Morgan fingerprint density at radius 1 is 1.38 bits per heavy atom. The van der Waals surface area contributed by atoms with Crippen LogP contribution < -0.4 is 0 Å². The van der Waals surface area contributed by atoms with Crippen LogP contribution in [0.25, 0.3) is 0 Å². The maximum atomic E-state index is 12.0. The summed E-state index contributed by atoms with van der Waals surface area (Å²) >= 11 is 0. The van der Waals surface area contributed by atoms with Crippen molar-refractivity contribution in [2.75, 3.05) is 0 Å². The van der Waals surface area contributed by atoms with Crippen LogP contribution in [0.5, 0.6) is 0 Å². The zero-order valence-corrected chi connectivity index (χ0v) is 9.46. The molecule has 1 aromatic rings. The van der Waals surface area contributed by atoms with Crippen LogP contribution in [0.15, 0.2) is 0 Å². The SMILES string of the molecule is Cn1nnc(CC(=O)C2C3CCCCC32)n1. The van der Waals surface area contributed by atoms with Crippen LogP contribution in [0.4, 0.5) is 0 Å². The number of fused-ring (bicyclic) bond motifs is 1. The highest BCUT2D eigenvalue weighted by atomic mass is 16.1. The number of nitrogens with zero attached hydrogens (tertiary/aromatic N) is 4. The fourth-order valence-corrected chi connectivity index (χ4v) is 3.14. The minimum Gasteiger partial charge on any atom is -0.299 e. The smallest absolute Gasteiger partial charge is 0.182 e. The quantitative estimate of drug-likeness (QED) is 0.754. The molecule has 0 radical (unpaired) electrons. The van der Waals surface area contributed by atoms with Gasteiger partial charge in [0.1, 0.15) is 5.78 Å². The van der Waals surface area contributed by atoms with E-state index in [2.05, 4.69) is 15.4 Å². The summed E-state index contributed by atoms with van der Waals surface area (Å²) in [5, 5.41) is 11.7. The highest BCUT2D eigenvalue weighted by Gasteiger charge is 2.54. The molecule has 2 unspecified atom stereocenters. The van der Waals surface area contributed by atoms with Crippen molar-refractivity contribution >= 4 is 5.78 Å². The van der Waals surface area contributed by atoms with E-state index in [0.29, 0.717) is 35.8 Å². The van der Waals surface area contributed by atoms with Crippen molar-refractivity contribution in [2.45, 2.75) is 32.1 Å². The lowest BCUT2D eigenvalue weighted by Gasteiger charge is -2.04. The highest BCUT2D eigenvalue weighted by molar-refractivity contribution is 5.85. The molecule has 2 aliphatic carbocycles. The van der Waals surface area contributed by atoms with Crippen LogP contribution in [0.2, 0.25) is 0 Å². The lowest BCUT2D eigenvalue weighted by molar-refractivity contribution is -0.120. The molecule has 0 saturated heterocycles. The van der Waals surface area contributed by atoms with Crippen molar-refractivity contribution in [3.05, 3.63) is 5.82 Å². The fourth-order valence-electron chi connectivity index (χ4n) is 3.14. The molecule has 0 N–H and O–H groups in total. The summed E-state index contributed by atoms with van der Waals surface area (Å²) < 4.78 is 0. The first kappa shape index (κ1) is 9.93. The third kappa shape index (κ3) is 1.64. The summed E-state index contributed by atoms with van der Waals surface area (Å²) in [6.07, 6.45) is 5.46. The van der Waals surface area contributed by atoms with Gasteiger partial charge in [-0.05, 0) is 29.9 Å². The summed E-state index contributed by atoms with van der Waals surface area (Å²) in [5.41, 5.74) is 0. The standard InChI is InChI=1S/C11H16N4O/c1-15-13-10(12-14-15)6-9(16)11-7-4-2-3-5-8(7)11/h7-8,11H,2-6H2,1H3. The molecule has 2 aliphatic rings. The van der Waals surface area contributed by atoms with E-state index in [4.69, 9.17) is 0 Å². The van der Waals surface area contributed by atoms with Crippen molar-refractivity contribution in [3.63, 3.8) is 0 Å². The molecule has 0 bridgehead atoms. The molecule has 3 rings (SSSR count). The number of ketones is 1. The first-order valence-corrected chi connectivity index (χ1v) is 6.01. The van der Waals surface area contributed by atoms with E-state index in [1.54, 1.807) is 7.05 Å². The van der Waals surface area contributed by atoms with Gasteiger partial charge in [-0.3, -0.25) is 4.79 Å². The zero-order chi connectivity index (χ0) is 11.1. The van der Waals surface area contributed by atoms with Gasteiger partial charge in [-0.2, -0.15) is 4.80 Å². The second-order valence-corrected chi connectivity index (χ2v) is 4.98. The molecule has 2 atom stereocenters. The lowest BCUT2D eigenvalue weighted by Crippen LogP contribution is -2.09. The van der Waals surface area contributed by atoms with Gasteiger partial charge in [0, 0.05) is 5.92 Å². The van der Waals surface area contributed by atoms with Crippen LogP contribution in [0.1, 0.15) is 31.5 Å². The molecule has 16 heavy (non-hydrogen) atoms. The zero-order valence-electron chi connectivity index (χ0n) is 9.46. The van der Waals surface area contributed by atoms with Gasteiger partial charge < -0.3 is 0 Å². The van der Waals surface area contributed by atoms with E-state index in [1.807, 2.05) is 0 Å². The molecule has 5 heteroatoms. The number of aryl methyl sites for hydroxylation is 1. The van der Waals surface area contributed by atoms with Gasteiger partial charge in [-0.25, -0.2) is 0 Å². The second kappa shape index (κ2) is 3.64. The molecular formula is C11H16N4O. The Morgan fingerprint density at radius 3 is 2.62 bits per heavy atom. The van der Waals surface area contributed by atoms with E-state index in [-0.39, 0.29) is 0 Å². The van der Waals surface area contributed by atoms with Crippen molar-refractivity contribution < 1.29 is 4.79 Å². The highest BCUT2D eigenvalue weighted by Crippen LogP contribution is 2.55. The minimum atomic E-state index is 0.311. The monoisotopic (exact) mass is 220 g/mol. The predicted molar refractivity (Wildman–Crippen MR) is 56.4 cm³/mol. The Hall–Kier alpha value is -1.26. The number of tetrazole rings is 1. The van der Waals surface area contributed by atoms with Crippen molar-refractivity contribution in [1.29, 1.82) is 0 Å². The van der Waals surface area contributed by atoms with Gasteiger partial charge >= 0.3 is 0 Å². The van der Waals surface area contributed by atoms with Crippen LogP contribution in [0, 0.1) is 17.8 Å². The van der Waals surface area contributed by atoms with Crippen molar-refractivity contribution in [1.82, 2.24) is 20.2 Å². The summed E-state index contributed by atoms with van der Waals surface area (Å²) in [6, 6.07) is 0. The van der Waals surface area contributed by atoms with E-state index >= 15 is 0 Å². The topological polar surface area (TPSA) is 60.7 Å². The number of carbonyl (C=O) groups is 1. The number of aromatic nitrogens is 4. The second-order valence-electron chi connectivity index (χ2n) is 4.98. The van der Waals surface area contributed by atoms with E-state index in [9.17, 15) is 4.79 Å². The number of carbonyl (C=O) groups excluding carboxylic acids is 1. The Bertz CT molecular complexity index is 402. The average Bonchev–Trinajstić information content (AvgIpc) is 2.88. The van der Waals surface area contributed by atoms with E-state index < -0.39 is 0 Å². The Morgan fingerprint density at radius 2 is 2.06 bits per heavy atom. The molecule has 86 valence electrons. The first-order valence-electron chi connectivity index (χ1n) is 6.01. The predicted octanol–water partition coefficient (Wildman–Crippen LogP) is 0.758. The summed E-state index contributed by atoms with van der Waals surface area (Å²) in [6.45, 7) is 0. The molecule has 5 nitrogen and oxygen atoms in total. The summed E-state index contributed by atoms with van der Waals surface area (Å²) in [5.74, 6) is 2.56. The summed E-state index contributed by atoms with van der Waals surface area (Å²) in [7, 11) is 1.72. The average molecular weight is 220 g/mol. The third-order valence-corrected chi connectivity index (χ3v) is 3.91. The molecule has 0 aliphatic heterocycles. The molecular weight excluding hydrogens is 204 g/mol. The van der Waals surface area contributed by atoms with Gasteiger partial charge in [-0.15, -0.1) is 10.2 Å². The Balaban J connectivity index is 1.62. The number of rotatable bonds is 3. The van der Waals surface area contributed by atoms with Gasteiger partial charge in [0.2, 0.25) is 0 Å². The van der Waals surface area contributed by atoms with Crippen molar-refractivity contribution in [3.8, 4) is 0 Å². The normalized spacial score (nSPS) is 32.2. The van der Waals surface area contributed by atoms with E-state index in [0.717, 1.165) is 0 Å². The lowest BCUT2D eigenvalue weighted by atomic mass is 10.0. The molecule has 1 aromatic heterocycles. The first-order chi connectivity index (χ1) is 7.75. The van der Waals surface area contributed by atoms with Gasteiger partial charge in [0.05, 0.1) is 13.5 Å². The van der Waals surface area contributed by atoms with Gasteiger partial charge in [0.25, 0.3) is 0 Å². The summed E-state index contributed by atoms with van der Waals surface area (Å²) in [4.78, 5) is 13.4. The largest absolute Gasteiger partial charge is 0.299 e. The Kier molecular flexibility index (Phi) is 2.26. The molecule has 1 heterocycles. The van der Waals surface area contributed by atoms with Crippen LogP contribution in [0.3, 0.4) is 0 Å². The maximum absolute atomic E-state index is 12.0. The third-order valence-electron chi connectivity index (χ3n) is 3.91. The minimum absolute atomic E-state index is 0.311. The molecule has 2 fully saturated rings. The fraction of sp³-hybridized carbons (Fsp3) is 0.818. The van der Waals surface area contributed by atoms with Crippen LogP contribution >= 0.6 is 0 Å². The van der Waals surface area contributed by atoms with Crippen molar-refractivity contribution in [2.24, 2.45) is 24.8 Å².